The molecule has 0 unspecified atom stereocenters. The summed E-state index contributed by atoms with van der Waals surface area (Å²) in [5.41, 5.74) is 8.50. The van der Waals surface area contributed by atoms with E-state index in [4.69, 9.17) is 17.3 Å². The number of halogens is 1. The number of anilines is 1. The van der Waals surface area contributed by atoms with E-state index in [1.807, 2.05) is 18.2 Å². The van der Waals surface area contributed by atoms with Crippen molar-refractivity contribution in [2.24, 2.45) is 5.73 Å². The van der Waals surface area contributed by atoms with Crippen LogP contribution in [0.4, 0.5) is 5.69 Å². The number of hydrogen-bond donors (Lipinski definition) is 2. The van der Waals surface area contributed by atoms with E-state index >= 15 is 0 Å². The number of nitrogens with one attached hydrogen (secondary N) is 1. The standard InChI is InChI=1S/C20H14ClN5O2/c21-14-3-1-2-13(10-14)16-11-23-26-9-8-17(25-19(16)26)20(28)24-15-6-4-12(5-7-15)18(22)27/h1-11H,(H2,22,27)(H,24,28). The van der Waals surface area contributed by atoms with Crippen molar-refractivity contribution in [3.63, 3.8) is 0 Å². The Morgan fingerprint density at radius 1 is 1.07 bits per heavy atom. The SMILES string of the molecule is NC(=O)c1ccc(NC(=O)c2ccn3ncc(-c4cccc(Cl)c4)c3n2)cc1. The molecule has 2 aromatic heterocycles. The fraction of sp³-hybridized carbons (Fsp3) is 0. The van der Waals surface area contributed by atoms with Gasteiger partial charge in [0.2, 0.25) is 5.91 Å². The van der Waals surface area contributed by atoms with Crippen molar-refractivity contribution in [3.05, 3.63) is 83.3 Å². The van der Waals surface area contributed by atoms with E-state index in [9.17, 15) is 9.59 Å². The predicted octanol–water partition coefficient (Wildman–Crippen LogP) is 3.40. The van der Waals surface area contributed by atoms with Crippen molar-refractivity contribution in [2.75, 3.05) is 5.32 Å². The van der Waals surface area contributed by atoms with E-state index in [0.29, 0.717) is 21.9 Å². The van der Waals surface area contributed by atoms with E-state index in [-0.39, 0.29) is 11.6 Å². The van der Waals surface area contributed by atoms with Gasteiger partial charge < -0.3 is 11.1 Å². The summed E-state index contributed by atoms with van der Waals surface area (Å²) in [6.45, 7) is 0. The van der Waals surface area contributed by atoms with Crippen LogP contribution < -0.4 is 11.1 Å². The summed E-state index contributed by atoms with van der Waals surface area (Å²) >= 11 is 6.07. The van der Waals surface area contributed by atoms with Crippen LogP contribution in [0, 0.1) is 0 Å². The van der Waals surface area contributed by atoms with E-state index < -0.39 is 5.91 Å². The van der Waals surface area contributed by atoms with Crippen molar-refractivity contribution in [1.29, 1.82) is 0 Å². The number of aromatic nitrogens is 3. The van der Waals surface area contributed by atoms with Crippen LogP contribution in [0.1, 0.15) is 20.8 Å². The van der Waals surface area contributed by atoms with Gasteiger partial charge in [-0.3, -0.25) is 9.59 Å². The highest BCUT2D eigenvalue weighted by Crippen LogP contribution is 2.26. The Hall–Kier alpha value is -3.71. The highest BCUT2D eigenvalue weighted by atomic mass is 35.5. The minimum atomic E-state index is -0.528. The fourth-order valence-corrected chi connectivity index (χ4v) is 2.96. The third-order valence-electron chi connectivity index (χ3n) is 4.16. The maximum absolute atomic E-state index is 12.6. The average molecular weight is 392 g/mol. The molecule has 2 amide bonds. The molecule has 4 rings (SSSR count). The van der Waals surface area contributed by atoms with Gasteiger partial charge >= 0.3 is 0 Å². The molecule has 28 heavy (non-hydrogen) atoms. The molecule has 0 fully saturated rings. The van der Waals surface area contributed by atoms with Crippen molar-refractivity contribution in [3.8, 4) is 11.1 Å². The lowest BCUT2D eigenvalue weighted by molar-refractivity contribution is 0.0998. The maximum atomic E-state index is 12.6. The molecule has 3 N–H and O–H groups in total. The Kier molecular flexibility index (Phi) is 4.50. The van der Waals surface area contributed by atoms with E-state index in [1.54, 1.807) is 53.3 Å². The van der Waals surface area contributed by atoms with Crippen LogP contribution in [0.15, 0.2) is 67.0 Å². The number of amides is 2. The van der Waals surface area contributed by atoms with Gasteiger partial charge in [0.1, 0.15) is 5.69 Å². The fourth-order valence-electron chi connectivity index (χ4n) is 2.77. The first-order valence-corrected chi connectivity index (χ1v) is 8.70. The highest BCUT2D eigenvalue weighted by Gasteiger charge is 2.13. The van der Waals surface area contributed by atoms with Crippen LogP contribution in [0.25, 0.3) is 16.8 Å². The third-order valence-corrected chi connectivity index (χ3v) is 4.40. The van der Waals surface area contributed by atoms with Crippen LogP contribution in [-0.2, 0) is 0 Å². The Labute approximate surface area is 164 Å². The van der Waals surface area contributed by atoms with Gasteiger partial charge in [0.15, 0.2) is 5.65 Å². The quantitative estimate of drug-likeness (QED) is 0.556. The molecule has 0 bridgehead atoms. The molecule has 0 aliphatic heterocycles. The first kappa shape index (κ1) is 17.7. The molecule has 0 atom stereocenters. The Morgan fingerprint density at radius 2 is 1.86 bits per heavy atom. The van der Waals surface area contributed by atoms with E-state index in [0.717, 1.165) is 11.1 Å². The Morgan fingerprint density at radius 3 is 2.57 bits per heavy atom. The molecule has 7 nitrogen and oxygen atoms in total. The molecule has 0 saturated heterocycles. The number of hydrogen-bond acceptors (Lipinski definition) is 4. The number of nitrogens with two attached hydrogens (primary N) is 1. The molecule has 0 radical (unpaired) electrons. The maximum Gasteiger partial charge on any atom is 0.274 e. The predicted molar refractivity (Wildman–Crippen MR) is 106 cm³/mol. The van der Waals surface area contributed by atoms with Crippen LogP contribution in [0.3, 0.4) is 0 Å². The minimum Gasteiger partial charge on any atom is -0.366 e. The van der Waals surface area contributed by atoms with Crippen molar-refractivity contribution < 1.29 is 9.59 Å². The first-order chi connectivity index (χ1) is 13.5. The molecule has 8 heteroatoms. The number of carbonyl (C=O) groups excluding carboxylic acids is 2. The second-order valence-corrected chi connectivity index (χ2v) is 6.48. The molecule has 4 aromatic rings. The lowest BCUT2D eigenvalue weighted by atomic mass is 10.1. The van der Waals surface area contributed by atoms with Gasteiger partial charge in [-0.25, -0.2) is 9.50 Å². The molecule has 0 saturated carbocycles. The second kappa shape index (κ2) is 7.13. The summed E-state index contributed by atoms with van der Waals surface area (Å²) in [6.07, 6.45) is 3.35. The largest absolute Gasteiger partial charge is 0.366 e. The van der Waals surface area contributed by atoms with Crippen LogP contribution in [-0.4, -0.2) is 26.4 Å². The molecule has 2 aromatic carbocycles. The summed E-state index contributed by atoms with van der Waals surface area (Å²) in [5, 5.41) is 7.62. The summed E-state index contributed by atoms with van der Waals surface area (Å²) in [5.74, 6) is -0.910. The summed E-state index contributed by atoms with van der Waals surface area (Å²) < 4.78 is 1.59. The summed E-state index contributed by atoms with van der Waals surface area (Å²) in [6, 6.07) is 15.2. The Balaban J connectivity index is 1.64. The smallest absolute Gasteiger partial charge is 0.274 e. The van der Waals surface area contributed by atoms with Crippen molar-refractivity contribution >= 4 is 34.7 Å². The highest BCUT2D eigenvalue weighted by molar-refractivity contribution is 6.30. The zero-order valence-electron chi connectivity index (χ0n) is 14.5. The van der Waals surface area contributed by atoms with Crippen molar-refractivity contribution in [2.45, 2.75) is 0 Å². The number of fused-ring (bicyclic) bond motifs is 1. The summed E-state index contributed by atoms with van der Waals surface area (Å²) in [4.78, 5) is 28.2. The third kappa shape index (κ3) is 3.43. The summed E-state index contributed by atoms with van der Waals surface area (Å²) in [7, 11) is 0. The number of carbonyl (C=O) groups is 2. The molecule has 0 spiro atoms. The van der Waals surface area contributed by atoms with Gasteiger partial charge in [-0.05, 0) is 48.0 Å². The van der Waals surface area contributed by atoms with Crippen LogP contribution in [0.2, 0.25) is 5.02 Å². The van der Waals surface area contributed by atoms with Crippen molar-refractivity contribution in [1.82, 2.24) is 14.6 Å². The zero-order valence-corrected chi connectivity index (χ0v) is 15.2. The zero-order chi connectivity index (χ0) is 19.7. The van der Waals surface area contributed by atoms with Gasteiger partial charge in [0, 0.05) is 28.0 Å². The average Bonchev–Trinajstić information content (AvgIpc) is 3.11. The van der Waals surface area contributed by atoms with E-state index in [2.05, 4.69) is 15.4 Å². The molecular formula is C20H14ClN5O2. The van der Waals surface area contributed by atoms with E-state index in [1.165, 1.54) is 0 Å². The minimum absolute atomic E-state index is 0.232. The number of rotatable bonds is 4. The van der Waals surface area contributed by atoms with Gasteiger partial charge in [0.25, 0.3) is 5.91 Å². The molecule has 0 aliphatic rings. The van der Waals surface area contributed by atoms with Gasteiger partial charge in [-0.1, -0.05) is 23.7 Å². The lowest BCUT2D eigenvalue weighted by Crippen LogP contribution is -2.15. The number of benzene rings is 2. The molecule has 138 valence electrons. The first-order valence-electron chi connectivity index (χ1n) is 8.33. The normalized spacial score (nSPS) is 10.8. The van der Waals surface area contributed by atoms with Crippen LogP contribution >= 0.6 is 11.6 Å². The Bertz CT molecular complexity index is 1200. The second-order valence-electron chi connectivity index (χ2n) is 6.05. The topological polar surface area (TPSA) is 102 Å². The molecule has 0 aliphatic carbocycles. The monoisotopic (exact) mass is 391 g/mol. The van der Waals surface area contributed by atoms with Gasteiger partial charge in [0.05, 0.1) is 6.20 Å². The number of nitrogens with zero attached hydrogens (tertiary/aromatic N) is 3. The van der Waals surface area contributed by atoms with Crippen LogP contribution in [0.5, 0.6) is 0 Å². The van der Waals surface area contributed by atoms with Gasteiger partial charge in [-0.15, -0.1) is 0 Å². The molecule has 2 heterocycles. The molecular weight excluding hydrogens is 378 g/mol. The van der Waals surface area contributed by atoms with Gasteiger partial charge in [-0.2, -0.15) is 5.10 Å². The number of primary amides is 1. The lowest BCUT2D eigenvalue weighted by Gasteiger charge is -2.06.